The molecule has 10 heteroatoms. The number of carbonyl (C=O) groups is 2. The first kappa shape index (κ1) is 80.0. The molecule has 82 heavy (non-hydrogen) atoms. The Balaban J connectivity index is 5.04. The molecular weight excluding hydrogens is 1040 g/mol. The van der Waals surface area contributed by atoms with Gasteiger partial charge in [-0.25, -0.2) is 0 Å². The fourth-order valence-corrected chi connectivity index (χ4v) is 11.2. The van der Waals surface area contributed by atoms with Crippen molar-refractivity contribution in [3.8, 4) is 0 Å². The topological polar surface area (TPSA) is 114 Å². The number of phosphoric ester groups is 1. The molecule has 0 heterocycles. The average Bonchev–Trinajstić information content (AvgIpc) is 3.44. The quantitative estimate of drug-likeness (QED) is 0.0212. The average molecular weight is 1170 g/mol. The highest BCUT2D eigenvalue weighted by Crippen LogP contribution is 2.38. The SMILES string of the molecule is CCCCC/C=C\C/C=C\CCCCCCCCCCCCCCCCCC(=O)NC(COP(=O)([O-])OCC[N+](C)(C)C)C(/C=C\CCCCCCCCCCCC)OC(=O)CCCCCCCCCCC/C=C/CCCCCCCC. The highest BCUT2D eigenvalue weighted by molar-refractivity contribution is 7.45. The van der Waals surface area contributed by atoms with Gasteiger partial charge in [0.25, 0.3) is 7.82 Å². The summed E-state index contributed by atoms with van der Waals surface area (Å²) in [6.45, 7) is 6.86. The minimum absolute atomic E-state index is 0.0211. The Labute approximate surface area is 509 Å². The Morgan fingerprint density at radius 1 is 0.427 bits per heavy atom. The lowest BCUT2D eigenvalue weighted by atomic mass is 10.0. The van der Waals surface area contributed by atoms with Crippen LogP contribution in [0.15, 0.2) is 48.6 Å². The van der Waals surface area contributed by atoms with Gasteiger partial charge in [-0.2, -0.15) is 0 Å². The largest absolute Gasteiger partial charge is 0.756 e. The molecule has 0 rings (SSSR count). The van der Waals surface area contributed by atoms with E-state index < -0.39 is 20.0 Å². The Morgan fingerprint density at radius 3 is 1.13 bits per heavy atom. The van der Waals surface area contributed by atoms with Gasteiger partial charge in [-0.1, -0.05) is 294 Å². The third-order valence-corrected chi connectivity index (χ3v) is 16.9. The predicted molar refractivity (Wildman–Crippen MR) is 353 cm³/mol. The number of rotatable bonds is 65. The summed E-state index contributed by atoms with van der Waals surface area (Å²) in [4.78, 5) is 40.2. The van der Waals surface area contributed by atoms with Gasteiger partial charge in [-0.05, 0) is 89.5 Å². The number of ether oxygens (including phenoxy) is 1. The molecular formula is C72H137N2O7P. The number of amides is 1. The molecule has 3 atom stereocenters. The zero-order chi connectivity index (χ0) is 60.0. The number of allylic oxidation sites excluding steroid dienone is 7. The van der Waals surface area contributed by atoms with E-state index in [0.29, 0.717) is 17.4 Å². The predicted octanol–water partition coefficient (Wildman–Crippen LogP) is 21.8. The van der Waals surface area contributed by atoms with E-state index in [0.717, 1.165) is 64.2 Å². The third kappa shape index (κ3) is 62.5. The van der Waals surface area contributed by atoms with Crippen LogP contribution >= 0.6 is 7.82 Å². The molecule has 0 aromatic heterocycles. The fraction of sp³-hybridized carbons (Fsp3) is 0.861. The molecule has 0 bridgehead atoms. The van der Waals surface area contributed by atoms with Crippen LogP contribution < -0.4 is 10.2 Å². The van der Waals surface area contributed by atoms with Crippen molar-refractivity contribution in [3.63, 3.8) is 0 Å². The maximum absolute atomic E-state index is 13.6. The number of nitrogens with one attached hydrogen (secondary N) is 1. The van der Waals surface area contributed by atoms with Crippen molar-refractivity contribution in [2.75, 3.05) is 40.9 Å². The Hall–Kier alpha value is -2.03. The van der Waals surface area contributed by atoms with Crippen molar-refractivity contribution in [3.05, 3.63) is 48.6 Å². The van der Waals surface area contributed by atoms with Gasteiger partial charge >= 0.3 is 5.97 Å². The molecule has 0 fully saturated rings. The third-order valence-electron chi connectivity index (χ3n) is 16.0. The van der Waals surface area contributed by atoms with Gasteiger partial charge < -0.3 is 28.5 Å². The zero-order valence-corrected chi connectivity index (χ0v) is 56.1. The van der Waals surface area contributed by atoms with Crippen LogP contribution in [0.3, 0.4) is 0 Å². The molecule has 0 spiro atoms. The molecule has 9 nitrogen and oxygen atoms in total. The van der Waals surface area contributed by atoms with Crippen molar-refractivity contribution < 1.29 is 37.3 Å². The van der Waals surface area contributed by atoms with Crippen LogP contribution in [0.4, 0.5) is 0 Å². The number of unbranched alkanes of at least 4 members (excludes halogenated alkanes) is 43. The number of phosphoric acid groups is 1. The van der Waals surface area contributed by atoms with E-state index in [1.54, 1.807) is 0 Å². The molecule has 1 N–H and O–H groups in total. The second-order valence-corrected chi connectivity index (χ2v) is 26.8. The van der Waals surface area contributed by atoms with Gasteiger partial charge in [-0.3, -0.25) is 14.2 Å². The van der Waals surface area contributed by atoms with Crippen LogP contribution in [0.25, 0.3) is 0 Å². The van der Waals surface area contributed by atoms with E-state index in [9.17, 15) is 19.0 Å². The van der Waals surface area contributed by atoms with Crippen LogP contribution in [0.5, 0.6) is 0 Å². The van der Waals surface area contributed by atoms with Gasteiger partial charge in [0.05, 0.1) is 33.8 Å². The number of hydrogen-bond acceptors (Lipinski definition) is 7. The van der Waals surface area contributed by atoms with Crippen molar-refractivity contribution in [2.45, 2.75) is 360 Å². The Kier molecular flexibility index (Phi) is 60.5. The molecule has 0 aliphatic carbocycles. The highest BCUT2D eigenvalue weighted by atomic mass is 31.2. The monoisotopic (exact) mass is 1170 g/mol. The molecule has 0 aliphatic rings. The Bertz CT molecular complexity index is 1540. The Morgan fingerprint density at radius 2 is 0.744 bits per heavy atom. The van der Waals surface area contributed by atoms with Gasteiger partial charge in [0, 0.05) is 12.8 Å². The summed E-state index contributed by atoms with van der Waals surface area (Å²) in [7, 11) is 1.20. The summed E-state index contributed by atoms with van der Waals surface area (Å²) in [5.41, 5.74) is 0. The second-order valence-electron chi connectivity index (χ2n) is 25.4. The van der Waals surface area contributed by atoms with Crippen LogP contribution in [0.2, 0.25) is 0 Å². The van der Waals surface area contributed by atoms with Crippen molar-refractivity contribution >= 4 is 19.7 Å². The summed E-state index contributed by atoms with van der Waals surface area (Å²) in [5.74, 6) is -0.528. The lowest BCUT2D eigenvalue weighted by molar-refractivity contribution is -0.870. The van der Waals surface area contributed by atoms with E-state index >= 15 is 0 Å². The number of esters is 1. The lowest BCUT2D eigenvalue weighted by Crippen LogP contribution is -2.47. The van der Waals surface area contributed by atoms with Crippen molar-refractivity contribution in [1.82, 2.24) is 5.32 Å². The summed E-state index contributed by atoms with van der Waals surface area (Å²) in [5, 5.41) is 3.05. The van der Waals surface area contributed by atoms with Crippen molar-refractivity contribution in [1.29, 1.82) is 0 Å². The summed E-state index contributed by atoms with van der Waals surface area (Å²) >= 11 is 0. The first-order valence-electron chi connectivity index (χ1n) is 35.4. The second kappa shape index (κ2) is 62.0. The molecule has 0 radical (unpaired) electrons. The number of quaternary nitrogens is 1. The van der Waals surface area contributed by atoms with E-state index in [-0.39, 0.29) is 31.5 Å². The molecule has 1 amide bonds. The van der Waals surface area contributed by atoms with Crippen LogP contribution in [-0.4, -0.2) is 69.4 Å². The molecule has 0 saturated carbocycles. The number of likely N-dealkylation sites (N-methyl/N-ethyl adjacent to an activating group) is 1. The normalized spacial score (nSPS) is 13.8. The molecule has 482 valence electrons. The fourth-order valence-electron chi connectivity index (χ4n) is 10.5. The first-order chi connectivity index (χ1) is 39.9. The minimum atomic E-state index is -4.70. The highest BCUT2D eigenvalue weighted by Gasteiger charge is 2.27. The van der Waals surface area contributed by atoms with Gasteiger partial charge in [0.15, 0.2) is 0 Å². The maximum Gasteiger partial charge on any atom is 0.306 e. The summed E-state index contributed by atoms with van der Waals surface area (Å²) < 4.78 is 30.4. The van der Waals surface area contributed by atoms with E-state index in [1.165, 1.54) is 250 Å². The number of nitrogens with zero attached hydrogens (tertiary/aromatic N) is 1. The minimum Gasteiger partial charge on any atom is -0.756 e. The first-order valence-corrected chi connectivity index (χ1v) is 36.9. The summed E-state index contributed by atoms with van der Waals surface area (Å²) in [6, 6.07) is -0.888. The van der Waals surface area contributed by atoms with Crippen molar-refractivity contribution in [2.24, 2.45) is 0 Å². The van der Waals surface area contributed by atoms with Crippen LogP contribution in [-0.2, 0) is 27.9 Å². The van der Waals surface area contributed by atoms with E-state index in [2.05, 4.69) is 62.5 Å². The molecule has 0 saturated heterocycles. The standard InChI is InChI=1S/C72H137N2O7P/c1-7-10-13-16-19-22-25-28-30-32-34-35-36-37-38-39-41-42-44-46-49-52-55-58-61-64-71(75)73-69(68-80-82(77,78)79-67-66-74(4,5)6)70(63-60-57-54-51-48-27-24-21-18-15-12-9-3)81-72(76)65-62-59-56-53-50-47-45-43-40-33-31-29-26-23-20-17-14-11-8-2/h19,22,28-31,60,63,69-70H,7-18,20-21,23-27,32-59,61-62,64-68H2,1-6H3,(H-,73,75,77,78)/b22-19-,30-28-,31-29+,63-60-. The summed E-state index contributed by atoms with van der Waals surface area (Å²) in [6.07, 6.45) is 78.0. The van der Waals surface area contributed by atoms with Gasteiger partial charge in [0.2, 0.25) is 5.91 Å². The zero-order valence-electron chi connectivity index (χ0n) is 55.2. The van der Waals surface area contributed by atoms with E-state index in [4.69, 9.17) is 13.8 Å². The van der Waals surface area contributed by atoms with E-state index in [1.807, 2.05) is 33.3 Å². The van der Waals surface area contributed by atoms with Gasteiger partial charge in [0.1, 0.15) is 19.3 Å². The molecule has 0 aromatic carbocycles. The molecule has 0 aromatic rings. The maximum atomic E-state index is 13.6. The van der Waals surface area contributed by atoms with Gasteiger partial charge in [-0.15, -0.1) is 0 Å². The lowest BCUT2D eigenvalue weighted by Gasteiger charge is -2.30. The van der Waals surface area contributed by atoms with Crippen LogP contribution in [0, 0.1) is 0 Å². The number of carbonyl (C=O) groups excluding carboxylic acids is 2. The molecule has 3 unspecified atom stereocenters. The smallest absolute Gasteiger partial charge is 0.306 e. The number of hydrogen-bond donors (Lipinski definition) is 1. The molecule has 0 aliphatic heterocycles. The van der Waals surface area contributed by atoms with Crippen LogP contribution in [0.1, 0.15) is 348 Å².